The van der Waals surface area contributed by atoms with Crippen molar-refractivity contribution in [2.75, 3.05) is 12.0 Å². The minimum atomic E-state index is -1.16. The molecular formula is C16H17ClFN6O3+. The first-order valence-corrected chi connectivity index (χ1v) is 8.49. The summed E-state index contributed by atoms with van der Waals surface area (Å²) >= 11 is 5.68. The lowest BCUT2D eigenvalue weighted by Gasteiger charge is -2.25. The molecule has 4 amide bonds. The molecule has 1 saturated carbocycles. The molecule has 0 aromatic heterocycles. The van der Waals surface area contributed by atoms with E-state index >= 15 is 0 Å². The van der Waals surface area contributed by atoms with Crippen LogP contribution in [0, 0.1) is 11.7 Å². The third-order valence-corrected chi connectivity index (χ3v) is 4.68. The molecular weight excluding hydrogens is 379 g/mol. The summed E-state index contributed by atoms with van der Waals surface area (Å²) in [6, 6.07) is 3.24. The van der Waals surface area contributed by atoms with Crippen molar-refractivity contribution in [2.45, 2.75) is 18.4 Å². The molecule has 6 N–H and O–H groups in total. The van der Waals surface area contributed by atoms with Crippen LogP contribution in [0.3, 0.4) is 0 Å². The number of nitrogens with zero attached hydrogens (tertiary/aromatic N) is 1. The van der Waals surface area contributed by atoms with Gasteiger partial charge in [0.05, 0.1) is 17.3 Å². The van der Waals surface area contributed by atoms with Crippen LogP contribution in [0.5, 0.6) is 0 Å². The van der Waals surface area contributed by atoms with Crippen LogP contribution in [0.15, 0.2) is 23.3 Å². The average Bonchev–Trinajstić information content (AvgIpc) is 3.43. The Morgan fingerprint density at radius 1 is 1.44 bits per heavy atom. The van der Waals surface area contributed by atoms with Gasteiger partial charge in [0.1, 0.15) is 11.4 Å². The molecule has 0 unspecified atom stereocenters. The highest BCUT2D eigenvalue weighted by Gasteiger charge is 2.56. The minimum Gasteiger partial charge on any atom is -0.348 e. The summed E-state index contributed by atoms with van der Waals surface area (Å²) in [6.07, 6.45) is 2.53. The highest BCUT2D eigenvalue weighted by Crippen LogP contribution is 2.40. The lowest BCUT2D eigenvalue weighted by atomic mass is 9.93. The predicted octanol–water partition coefficient (Wildman–Crippen LogP) is -0.819. The Morgan fingerprint density at radius 2 is 2.19 bits per heavy atom. The van der Waals surface area contributed by atoms with E-state index in [2.05, 4.69) is 26.5 Å². The standard InChI is InChI=1S/C16H16ClFN6O3/c17-10-5-9(3-4-11(10)18)23-24-12(6-19)13(25)20-7-16(8-1-2-8)14(26)21-15(27)22-16/h3-6,8,19,23H,1-2,7H2,(H,20,25)(H2,21,22,26,27)/p+1/b19-6?,24-12+/t16-/m0/s1. The number of hydrogen-bond donors (Lipinski definition) is 5. The van der Waals surface area contributed by atoms with Crippen molar-refractivity contribution in [3.05, 3.63) is 29.0 Å². The van der Waals surface area contributed by atoms with Gasteiger partial charge >= 0.3 is 6.03 Å². The predicted molar refractivity (Wildman–Crippen MR) is 95.6 cm³/mol. The van der Waals surface area contributed by atoms with Gasteiger partial charge in [-0.25, -0.2) is 9.18 Å². The number of anilines is 1. The van der Waals surface area contributed by atoms with Gasteiger partial charge in [-0.1, -0.05) is 11.6 Å². The van der Waals surface area contributed by atoms with E-state index in [9.17, 15) is 18.8 Å². The largest absolute Gasteiger partial charge is 0.348 e. The van der Waals surface area contributed by atoms with Crippen LogP contribution in [0.1, 0.15) is 12.8 Å². The monoisotopic (exact) mass is 395 g/mol. The van der Waals surface area contributed by atoms with Gasteiger partial charge in [-0.3, -0.25) is 25.7 Å². The highest BCUT2D eigenvalue weighted by molar-refractivity contribution is 6.59. The van der Waals surface area contributed by atoms with E-state index < -0.39 is 29.2 Å². The van der Waals surface area contributed by atoms with Crippen LogP contribution in [-0.4, -0.2) is 41.9 Å². The van der Waals surface area contributed by atoms with Gasteiger partial charge < -0.3 is 10.6 Å². The molecule has 2 aliphatic rings. The molecule has 0 bridgehead atoms. The first-order chi connectivity index (χ1) is 12.9. The van der Waals surface area contributed by atoms with Crippen molar-refractivity contribution in [2.24, 2.45) is 11.0 Å². The Hall–Kier alpha value is -3.01. The molecule has 2 fully saturated rings. The number of nitrogens with two attached hydrogens (primary N) is 1. The Kier molecular flexibility index (Phi) is 5.08. The maximum atomic E-state index is 13.2. The summed E-state index contributed by atoms with van der Waals surface area (Å²) in [5.41, 5.74) is 1.58. The van der Waals surface area contributed by atoms with E-state index in [4.69, 9.17) is 17.0 Å². The molecule has 1 aliphatic heterocycles. The van der Waals surface area contributed by atoms with Gasteiger partial charge in [-0.05, 0) is 37.0 Å². The molecule has 1 aromatic carbocycles. The van der Waals surface area contributed by atoms with Crippen LogP contribution in [0.4, 0.5) is 14.9 Å². The second kappa shape index (κ2) is 7.31. The number of urea groups is 1. The smallest absolute Gasteiger partial charge is 0.322 e. The first kappa shape index (κ1) is 18.8. The zero-order valence-electron chi connectivity index (χ0n) is 14.0. The molecule has 11 heteroatoms. The molecule has 1 aliphatic carbocycles. The summed E-state index contributed by atoms with van der Waals surface area (Å²) in [4.78, 5) is 36.0. The quantitative estimate of drug-likeness (QED) is 0.234. The van der Waals surface area contributed by atoms with Crippen molar-refractivity contribution in [3.63, 3.8) is 0 Å². The van der Waals surface area contributed by atoms with Crippen molar-refractivity contribution in [1.29, 1.82) is 0 Å². The van der Waals surface area contributed by atoms with E-state index in [1.807, 2.05) is 0 Å². The molecule has 0 spiro atoms. The Morgan fingerprint density at radius 3 is 2.74 bits per heavy atom. The summed E-state index contributed by atoms with van der Waals surface area (Å²) in [5.74, 6) is -1.74. The molecule has 1 atom stereocenters. The number of amides is 4. The molecule has 1 saturated heterocycles. The molecule has 3 rings (SSSR count). The number of carbonyl (C=O) groups is 3. The SMILES string of the molecule is [NH2+]=C/C(=N\Nc1ccc(F)c(Cl)c1)C(=O)NC[C@@]1(C2CC2)NC(=O)NC1=O. The van der Waals surface area contributed by atoms with Crippen molar-refractivity contribution in [3.8, 4) is 0 Å². The fraction of sp³-hybridized carbons (Fsp3) is 0.312. The van der Waals surface area contributed by atoms with Gasteiger partial charge in [0, 0.05) is 0 Å². The fourth-order valence-electron chi connectivity index (χ4n) is 2.80. The van der Waals surface area contributed by atoms with E-state index in [0.717, 1.165) is 25.1 Å². The Bertz CT molecular complexity index is 857. The van der Waals surface area contributed by atoms with Crippen LogP contribution < -0.4 is 26.8 Å². The topological polar surface area (TPSA) is 137 Å². The summed E-state index contributed by atoms with van der Waals surface area (Å²) < 4.78 is 13.2. The molecule has 1 heterocycles. The highest BCUT2D eigenvalue weighted by atomic mass is 35.5. The van der Waals surface area contributed by atoms with Crippen LogP contribution in [0.25, 0.3) is 0 Å². The number of rotatable bonds is 7. The summed E-state index contributed by atoms with van der Waals surface area (Å²) in [5, 5.41) is 16.5. The number of imide groups is 1. The second-order valence-electron chi connectivity index (χ2n) is 6.24. The number of hydrazone groups is 1. The Balaban J connectivity index is 1.66. The van der Waals surface area contributed by atoms with Gasteiger partial charge in [-0.15, -0.1) is 0 Å². The van der Waals surface area contributed by atoms with E-state index in [0.29, 0.717) is 5.69 Å². The minimum absolute atomic E-state index is 0.0361. The van der Waals surface area contributed by atoms with Crippen LogP contribution in [-0.2, 0) is 9.59 Å². The summed E-state index contributed by atoms with van der Waals surface area (Å²) in [6.45, 7) is -0.0939. The maximum Gasteiger partial charge on any atom is 0.322 e. The normalized spacial score (nSPS) is 22.1. The van der Waals surface area contributed by atoms with Crippen molar-refractivity contribution in [1.82, 2.24) is 16.0 Å². The second-order valence-corrected chi connectivity index (χ2v) is 6.65. The number of hydrogen-bond acceptors (Lipinski definition) is 5. The van der Waals surface area contributed by atoms with E-state index in [1.54, 1.807) is 0 Å². The molecule has 0 radical (unpaired) electrons. The number of benzene rings is 1. The zero-order chi connectivity index (χ0) is 19.6. The van der Waals surface area contributed by atoms with Gasteiger partial charge in [0.15, 0.2) is 6.21 Å². The molecule has 27 heavy (non-hydrogen) atoms. The van der Waals surface area contributed by atoms with Crippen LogP contribution >= 0.6 is 11.6 Å². The average molecular weight is 396 g/mol. The lowest BCUT2D eigenvalue weighted by Crippen LogP contribution is -2.58. The molecule has 142 valence electrons. The van der Waals surface area contributed by atoms with Crippen molar-refractivity contribution >= 4 is 47.1 Å². The van der Waals surface area contributed by atoms with E-state index in [1.165, 1.54) is 12.1 Å². The molecule has 9 nitrogen and oxygen atoms in total. The fourth-order valence-corrected chi connectivity index (χ4v) is 2.98. The molecule has 1 aromatic rings. The maximum absolute atomic E-state index is 13.2. The third-order valence-electron chi connectivity index (χ3n) is 4.39. The number of nitrogens with one attached hydrogen (secondary N) is 4. The third kappa shape index (κ3) is 3.90. The van der Waals surface area contributed by atoms with E-state index in [-0.39, 0.29) is 23.2 Å². The number of halogens is 2. The summed E-state index contributed by atoms with van der Waals surface area (Å²) in [7, 11) is 0. The lowest BCUT2D eigenvalue weighted by molar-refractivity contribution is -0.125. The van der Waals surface area contributed by atoms with Crippen molar-refractivity contribution < 1.29 is 24.2 Å². The van der Waals surface area contributed by atoms with Gasteiger partial charge in [0.2, 0.25) is 5.71 Å². The van der Waals surface area contributed by atoms with Crippen LogP contribution in [0.2, 0.25) is 5.02 Å². The Labute approximate surface area is 158 Å². The van der Waals surface area contributed by atoms with Gasteiger partial charge in [0.25, 0.3) is 11.8 Å². The zero-order valence-corrected chi connectivity index (χ0v) is 14.8. The number of carbonyl (C=O) groups excluding carboxylic acids is 3. The van der Waals surface area contributed by atoms with Gasteiger partial charge in [-0.2, -0.15) is 5.10 Å². The first-order valence-electron chi connectivity index (χ1n) is 8.11.